The Hall–Kier alpha value is -2.12. The lowest BCUT2D eigenvalue weighted by Gasteiger charge is -2.28. The van der Waals surface area contributed by atoms with Gasteiger partial charge in [0.05, 0.1) is 31.7 Å². The van der Waals surface area contributed by atoms with Crippen LogP contribution >= 0.6 is 0 Å². The summed E-state index contributed by atoms with van der Waals surface area (Å²) in [5.74, 6) is 1.28. The highest BCUT2D eigenvalue weighted by atomic mass is 16.5. The fourth-order valence-corrected chi connectivity index (χ4v) is 2.97. The van der Waals surface area contributed by atoms with Crippen molar-refractivity contribution in [2.75, 3.05) is 27.3 Å². The van der Waals surface area contributed by atoms with E-state index in [0.717, 1.165) is 24.2 Å². The lowest BCUT2D eigenvalue weighted by molar-refractivity contribution is 0.104. The predicted octanol–water partition coefficient (Wildman–Crippen LogP) is 0.924. The van der Waals surface area contributed by atoms with Gasteiger partial charge in [-0.05, 0) is 17.7 Å². The van der Waals surface area contributed by atoms with Crippen molar-refractivity contribution in [2.24, 2.45) is 7.05 Å². The van der Waals surface area contributed by atoms with Crippen LogP contribution in [0.25, 0.3) is 0 Å². The maximum atomic E-state index is 10.5. The number of fused-ring (bicyclic) bond motifs is 1. The topological polar surface area (TPSA) is 72.6 Å². The minimum Gasteiger partial charge on any atom is -0.493 e. The molecule has 1 aromatic heterocycles. The summed E-state index contributed by atoms with van der Waals surface area (Å²) >= 11 is 0. The molecule has 0 fully saturated rings. The molecule has 1 N–H and O–H groups in total. The van der Waals surface area contributed by atoms with E-state index < -0.39 is 6.10 Å². The number of ether oxygens (including phenoxy) is 2. The average molecular weight is 318 g/mol. The Morgan fingerprint density at radius 2 is 2.04 bits per heavy atom. The van der Waals surface area contributed by atoms with E-state index in [4.69, 9.17) is 9.47 Å². The van der Waals surface area contributed by atoms with Crippen molar-refractivity contribution in [3.05, 3.63) is 35.2 Å². The number of aromatic nitrogens is 3. The van der Waals surface area contributed by atoms with E-state index in [-0.39, 0.29) is 0 Å². The molecule has 0 spiro atoms. The van der Waals surface area contributed by atoms with Gasteiger partial charge in [0, 0.05) is 33.1 Å². The average Bonchev–Trinajstić information content (AvgIpc) is 2.94. The molecular weight excluding hydrogens is 296 g/mol. The zero-order valence-corrected chi connectivity index (χ0v) is 13.7. The quantitative estimate of drug-likeness (QED) is 0.884. The van der Waals surface area contributed by atoms with Gasteiger partial charge in [0.2, 0.25) is 0 Å². The molecule has 7 heteroatoms. The molecule has 0 amide bonds. The van der Waals surface area contributed by atoms with Crippen LogP contribution in [0.1, 0.15) is 23.1 Å². The van der Waals surface area contributed by atoms with Crippen LogP contribution in [0.3, 0.4) is 0 Å². The van der Waals surface area contributed by atoms with Gasteiger partial charge >= 0.3 is 0 Å². The summed E-state index contributed by atoms with van der Waals surface area (Å²) in [5.41, 5.74) is 2.99. The van der Waals surface area contributed by atoms with E-state index in [0.29, 0.717) is 24.6 Å². The molecule has 0 bridgehead atoms. The monoisotopic (exact) mass is 318 g/mol. The predicted molar refractivity (Wildman–Crippen MR) is 84.5 cm³/mol. The summed E-state index contributed by atoms with van der Waals surface area (Å²) in [6.07, 6.45) is 0.310. The molecule has 23 heavy (non-hydrogen) atoms. The van der Waals surface area contributed by atoms with Crippen LogP contribution in [-0.2, 0) is 20.0 Å². The Bertz CT molecular complexity index is 686. The Kier molecular flexibility index (Phi) is 4.49. The van der Waals surface area contributed by atoms with Gasteiger partial charge in [-0.15, -0.1) is 5.10 Å². The summed E-state index contributed by atoms with van der Waals surface area (Å²) in [6, 6.07) is 5.50. The number of methoxy groups -OCH3 is 2. The van der Waals surface area contributed by atoms with Crippen molar-refractivity contribution in [2.45, 2.75) is 19.1 Å². The van der Waals surface area contributed by atoms with Crippen molar-refractivity contribution in [1.29, 1.82) is 0 Å². The van der Waals surface area contributed by atoms with E-state index in [1.165, 1.54) is 5.69 Å². The lowest BCUT2D eigenvalue weighted by atomic mass is 10.1. The first-order valence-electron chi connectivity index (χ1n) is 7.62. The molecule has 1 aromatic carbocycles. The molecule has 124 valence electrons. The van der Waals surface area contributed by atoms with Crippen molar-refractivity contribution in [3.63, 3.8) is 0 Å². The van der Waals surface area contributed by atoms with Crippen molar-refractivity contribution < 1.29 is 14.6 Å². The van der Waals surface area contributed by atoms with Crippen LogP contribution in [0.4, 0.5) is 0 Å². The van der Waals surface area contributed by atoms with E-state index in [1.807, 2.05) is 29.9 Å². The van der Waals surface area contributed by atoms with E-state index in [9.17, 15) is 5.11 Å². The van der Waals surface area contributed by atoms with Crippen molar-refractivity contribution in [1.82, 2.24) is 19.9 Å². The van der Waals surface area contributed by atoms with Crippen LogP contribution in [0.2, 0.25) is 0 Å². The Balaban J connectivity index is 1.69. The summed E-state index contributed by atoms with van der Waals surface area (Å²) in [7, 11) is 5.11. The molecule has 0 saturated carbocycles. The molecule has 3 rings (SSSR count). The van der Waals surface area contributed by atoms with Crippen molar-refractivity contribution >= 4 is 0 Å². The van der Waals surface area contributed by atoms with Crippen LogP contribution in [0.5, 0.6) is 11.5 Å². The third kappa shape index (κ3) is 3.16. The summed E-state index contributed by atoms with van der Waals surface area (Å²) in [4.78, 5) is 2.19. The van der Waals surface area contributed by atoms with Gasteiger partial charge in [-0.3, -0.25) is 9.58 Å². The second-order valence-corrected chi connectivity index (χ2v) is 5.72. The maximum absolute atomic E-state index is 10.5. The Morgan fingerprint density at radius 1 is 1.26 bits per heavy atom. The fourth-order valence-electron chi connectivity index (χ4n) is 2.97. The number of hydrogen-bond acceptors (Lipinski definition) is 6. The SMILES string of the molecule is COc1ccc([C@@H](O)CN2CCc3c(nnn3C)C2)cc1OC. The number of rotatable bonds is 5. The van der Waals surface area contributed by atoms with Gasteiger partial charge in [0.25, 0.3) is 0 Å². The first-order chi connectivity index (χ1) is 11.1. The highest BCUT2D eigenvalue weighted by molar-refractivity contribution is 5.43. The summed E-state index contributed by atoms with van der Waals surface area (Å²) in [6.45, 7) is 2.15. The third-order valence-corrected chi connectivity index (χ3v) is 4.29. The molecule has 0 radical (unpaired) electrons. The number of aryl methyl sites for hydroxylation is 1. The van der Waals surface area contributed by atoms with Gasteiger partial charge in [-0.2, -0.15) is 0 Å². The van der Waals surface area contributed by atoms with Crippen LogP contribution < -0.4 is 9.47 Å². The zero-order chi connectivity index (χ0) is 16.4. The molecule has 0 saturated heterocycles. The first kappa shape index (κ1) is 15.8. The van der Waals surface area contributed by atoms with Gasteiger partial charge in [0.15, 0.2) is 11.5 Å². The third-order valence-electron chi connectivity index (χ3n) is 4.29. The number of β-amino-alcohol motifs (C(OH)–C–C–N with tert-alkyl or cyclic N) is 1. The van der Waals surface area contributed by atoms with Crippen LogP contribution in [0.15, 0.2) is 18.2 Å². The van der Waals surface area contributed by atoms with E-state index in [1.54, 1.807) is 14.2 Å². The molecule has 2 aromatic rings. The van der Waals surface area contributed by atoms with Crippen LogP contribution in [-0.4, -0.2) is 52.3 Å². The number of aliphatic hydroxyl groups excluding tert-OH is 1. The molecule has 1 atom stereocenters. The van der Waals surface area contributed by atoms with Crippen molar-refractivity contribution in [3.8, 4) is 11.5 Å². The molecule has 1 aliphatic heterocycles. The normalized spacial score (nSPS) is 16.0. The zero-order valence-electron chi connectivity index (χ0n) is 13.7. The van der Waals surface area contributed by atoms with E-state index >= 15 is 0 Å². The van der Waals surface area contributed by atoms with Gasteiger partial charge < -0.3 is 14.6 Å². The second-order valence-electron chi connectivity index (χ2n) is 5.72. The smallest absolute Gasteiger partial charge is 0.161 e. The first-order valence-corrected chi connectivity index (χ1v) is 7.62. The minimum absolute atomic E-state index is 0.547. The maximum Gasteiger partial charge on any atom is 0.161 e. The second kappa shape index (κ2) is 6.55. The highest BCUT2D eigenvalue weighted by Gasteiger charge is 2.23. The molecule has 0 unspecified atom stereocenters. The molecule has 7 nitrogen and oxygen atoms in total. The molecule has 1 aliphatic rings. The van der Waals surface area contributed by atoms with Gasteiger partial charge in [0.1, 0.15) is 0 Å². The number of benzene rings is 1. The summed E-state index contributed by atoms with van der Waals surface area (Å²) in [5, 5.41) is 18.8. The van der Waals surface area contributed by atoms with E-state index in [2.05, 4.69) is 15.2 Å². The number of aliphatic hydroxyl groups is 1. The molecule has 2 heterocycles. The molecular formula is C16H22N4O3. The highest BCUT2D eigenvalue weighted by Crippen LogP contribution is 2.30. The number of nitrogens with zero attached hydrogens (tertiary/aromatic N) is 4. The Morgan fingerprint density at radius 3 is 2.78 bits per heavy atom. The lowest BCUT2D eigenvalue weighted by Crippen LogP contribution is -2.34. The van der Waals surface area contributed by atoms with Gasteiger partial charge in [-0.1, -0.05) is 11.3 Å². The minimum atomic E-state index is -0.590. The standard InChI is InChI=1S/C16H22N4O3/c1-19-13-6-7-20(9-12(13)17-18-19)10-14(21)11-4-5-15(22-2)16(8-11)23-3/h4-5,8,14,21H,6-7,9-10H2,1-3H3/t14-/m0/s1. The van der Waals surface area contributed by atoms with Gasteiger partial charge in [-0.25, -0.2) is 0 Å². The summed E-state index contributed by atoms with van der Waals surface area (Å²) < 4.78 is 12.4. The number of hydrogen-bond donors (Lipinski definition) is 1. The molecule has 0 aliphatic carbocycles. The van der Waals surface area contributed by atoms with Crippen LogP contribution in [0, 0.1) is 0 Å². The largest absolute Gasteiger partial charge is 0.493 e. The Labute approximate surface area is 135 Å². The fraction of sp³-hybridized carbons (Fsp3) is 0.500.